The first-order valence-corrected chi connectivity index (χ1v) is 21.4. The summed E-state index contributed by atoms with van der Waals surface area (Å²) in [6.45, 7) is 0. The van der Waals surface area contributed by atoms with Gasteiger partial charge in [-0.3, -0.25) is 0 Å². The standard InChI is InChI=1S/C45H39B12N3O/c46-24-12-20-22(13-25(24)47)32-34(27(49)15-28(50)36(32)51)33-23(20)14-26(48)31(37(33)52)17-6-8-19-21-10-18(7-9-29(21)61-30(19)11-17)44-58-43(16-4-2-1-3-5-16)59-45(60-44)35-38(53)40(55)42(57)41(56)39(35)54/h1-15H,46-57H2. The first-order chi connectivity index (χ1) is 29.2. The second kappa shape index (κ2) is 14.4. The molecule has 0 aliphatic carbocycles. The minimum atomic E-state index is 0.639. The monoisotopic (exact) mass is 769 g/mol. The fourth-order valence-corrected chi connectivity index (χ4v) is 10.2. The van der Waals surface area contributed by atoms with E-state index in [1.54, 1.807) is 0 Å². The normalized spacial score (nSPS) is 11.7. The Morgan fingerprint density at radius 1 is 0.311 bits per heavy atom. The van der Waals surface area contributed by atoms with Gasteiger partial charge >= 0.3 is 0 Å². The molecule has 0 fully saturated rings. The van der Waals surface area contributed by atoms with Crippen LogP contribution in [0.15, 0.2) is 95.4 Å². The minimum Gasteiger partial charge on any atom is -0.456 e. The lowest BCUT2D eigenvalue weighted by Crippen LogP contribution is -2.55. The maximum absolute atomic E-state index is 6.67. The number of fused-ring (bicyclic) bond motifs is 9. The van der Waals surface area contributed by atoms with E-state index in [1.165, 1.54) is 103 Å². The van der Waals surface area contributed by atoms with Crippen LogP contribution in [-0.2, 0) is 0 Å². The van der Waals surface area contributed by atoms with Gasteiger partial charge in [0, 0.05) is 27.5 Å². The molecule has 0 amide bonds. The van der Waals surface area contributed by atoms with E-state index in [-0.39, 0.29) is 0 Å². The molecule has 0 spiro atoms. The van der Waals surface area contributed by atoms with Gasteiger partial charge in [0.15, 0.2) is 17.5 Å². The zero-order chi connectivity index (χ0) is 42.8. The second-order valence-corrected chi connectivity index (χ2v) is 17.7. The van der Waals surface area contributed by atoms with E-state index < -0.39 is 0 Å². The van der Waals surface area contributed by atoms with Crippen LogP contribution in [0.25, 0.3) is 99.5 Å². The maximum Gasteiger partial charge on any atom is 0.164 e. The Hall–Kier alpha value is -5.87. The average molecular weight is 768 g/mol. The van der Waals surface area contributed by atoms with Crippen LogP contribution < -0.4 is 65.6 Å². The molecule has 0 unspecified atom stereocenters. The van der Waals surface area contributed by atoms with Crippen molar-refractivity contribution in [2.24, 2.45) is 0 Å². The zero-order valence-electron chi connectivity index (χ0n) is 37.4. The van der Waals surface area contributed by atoms with Crippen molar-refractivity contribution in [1.29, 1.82) is 0 Å². The molecule has 16 heteroatoms. The van der Waals surface area contributed by atoms with Gasteiger partial charge < -0.3 is 4.42 Å². The van der Waals surface area contributed by atoms with E-state index in [9.17, 15) is 0 Å². The van der Waals surface area contributed by atoms with Crippen molar-refractivity contribution in [1.82, 2.24) is 15.0 Å². The van der Waals surface area contributed by atoms with E-state index in [1.807, 2.05) is 18.2 Å². The summed E-state index contributed by atoms with van der Waals surface area (Å²) in [5, 5.41) is 10.2. The number of aromatic nitrogens is 3. The lowest BCUT2D eigenvalue weighted by molar-refractivity contribution is 0.669. The van der Waals surface area contributed by atoms with Crippen molar-refractivity contribution >= 4 is 214 Å². The molecule has 8 aromatic carbocycles. The fraction of sp³-hybridized carbons (Fsp3) is 0. The van der Waals surface area contributed by atoms with Gasteiger partial charge in [0.05, 0.1) is 0 Å². The van der Waals surface area contributed by atoms with E-state index in [0.29, 0.717) is 17.5 Å². The molecule has 276 valence electrons. The number of hydrogen-bond acceptors (Lipinski definition) is 4. The molecule has 0 N–H and O–H groups in total. The van der Waals surface area contributed by atoms with Crippen LogP contribution in [0.4, 0.5) is 0 Å². The number of furan rings is 1. The van der Waals surface area contributed by atoms with Gasteiger partial charge in [0.1, 0.15) is 105 Å². The maximum atomic E-state index is 6.67. The molecule has 10 rings (SSSR count). The fourth-order valence-electron chi connectivity index (χ4n) is 10.2. The highest BCUT2D eigenvalue weighted by molar-refractivity contribution is 6.69. The number of benzene rings is 8. The lowest BCUT2D eigenvalue weighted by Gasteiger charge is -2.22. The Balaban J connectivity index is 1.15. The topological polar surface area (TPSA) is 51.8 Å². The molecular formula is C45H39B12N3O. The Morgan fingerprint density at radius 2 is 0.885 bits per heavy atom. The summed E-state index contributed by atoms with van der Waals surface area (Å²) in [6.07, 6.45) is 0. The van der Waals surface area contributed by atoms with Crippen molar-refractivity contribution in [2.75, 3.05) is 0 Å². The Labute approximate surface area is 367 Å². The average Bonchev–Trinajstić information content (AvgIpc) is 3.62. The van der Waals surface area contributed by atoms with Crippen LogP contribution in [0, 0.1) is 0 Å². The van der Waals surface area contributed by atoms with Crippen molar-refractivity contribution in [3.8, 4) is 45.3 Å². The lowest BCUT2D eigenvalue weighted by atomic mass is 9.60. The molecule has 0 aliphatic heterocycles. The smallest absolute Gasteiger partial charge is 0.164 e. The third kappa shape index (κ3) is 6.03. The molecule has 0 bridgehead atoms. The summed E-state index contributed by atoms with van der Waals surface area (Å²) < 4.78 is 6.67. The highest BCUT2D eigenvalue weighted by Crippen LogP contribution is 2.37. The van der Waals surface area contributed by atoms with Gasteiger partial charge in [-0.05, 0) is 73.8 Å². The molecule has 61 heavy (non-hydrogen) atoms. The number of nitrogens with zero attached hydrogens (tertiary/aromatic N) is 3. The van der Waals surface area contributed by atoms with Crippen LogP contribution in [0.1, 0.15) is 0 Å². The molecule has 2 heterocycles. The minimum absolute atomic E-state index is 0.639. The molecule has 0 saturated carbocycles. The van der Waals surface area contributed by atoms with Crippen molar-refractivity contribution in [3.05, 3.63) is 91.0 Å². The molecular weight excluding hydrogens is 728 g/mol. The summed E-state index contributed by atoms with van der Waals surface area (Å²) in [5.74, 6) is 1.99. The molecule has 0 atom stereocenters. The van der Waals surface area contributed by atoms with Gasteiger partial charge in [0.2, 0.25) is 0 Å². The number of rotatable bonds is 4. The van der Waals surface area contributed by atoms with E-state index in [4.69, 9.17) is 19.4 Å². The van der Waals surface area contributed by atoms with E-state index in [0.717, 1.165) is 44.2 Å². The van der Waals surface area contributed by atoms with E-state index >= 15 is 0 Å². The third-order valence-corrected chi connectivity index (χ3v) is 14.2. The predicted molar refractivity (Wildman–Crippen MR) is 300 cm³/mol. The van der Waals surface area contributed by atoms with Crippen LogP contribution in [0.3, 0.4) is 0 Å². The largest absolute Gasteiger partial charge is 0.456 e. The van der Waals surface area contributed by atoms with Gasteiger partial charge in [-0.1, -0.05) is 110 Å². The first kappa shape index (κ1) is 39.3. The molecule has 2 aromatic heterocycles. The Bertz CT molecular complexity index is 3550. The van der Waals surface area contributed by atoms with Crippen LogP contribution in [-0.4, -0.2) is 109 Å². The molecule has 0 radical (unpaired) electrons. The molecule has 0 saturated heterocycles. The first-order valence-electron chi connectivity index (χ1n) is 21.4. The van der Waals surface area contributed by atoms with Crippen LogP contribution >= 0.6 is 0 Å². The van der Waals surface area contributed by atoms with E-state index in [2.05, 4.69) is 167 Å². The van der Waals surface area contributed by atoms with Gasteiger partial charge in [-0.2, -0.15) is 0 Å². The summed E-state index contributed by atoms with van der Waals surface area (Å²) in [6, 6.07) is 32.9. The summed E-state index contributed by atoms with van der Waals surface area (Å²) >= 11 is 0. The number of hydrogen-bond donors (Lipinski definition) is 0. The third-order valence-electron chi connectivity index (χ3n) is 14.2. The van der Waals surface area contributed by atoms with Crippen LogP contribution in [0.5, 0.6) is 0 Å². The Kier molecular flexibility index (Phi) is 9.25. The second-order valence-electron chi connectivity index (χ2n) is 17.7. The SMILES string of the molecule is Bc1cc2c(cc1B)c1c(B)c(B)cc(B)c1c1c(B)c(-c3ccc4c(c3)oc3ccc(-c5nc(-c6ccccc6)nc(-c6c(B)c(B)c(B)c(B)c6B)n5)cc34)c(B)cc21. The molecule has 4 nitrogen and oxygen atoms in total. The zero-order valence-corrected chi connectivity index (χ0v) is 37.4. The van der Waals surface area contributed by atoms with Gasteiger partial charge in [-0.15, -0.1) is 16.4 Å². The quantitative estimate of drug-likeness (QED) is 0.132. The van der Waals surface area contributed by atoms with Crippen molar-refractivity contribution in [2.45, 2.75) is 0 Å². The molecule has 0 aliphatic rings. The van der Waals surface area contributed by atoms with Crippen molar-refractivity contribution in [3.63, 3.8) is 0 Å². The highest BCUT2D eigenvalue weighted by atomic mass is 16.3. The Morgan fingerprint density at radius 3 is 1.57 bits per heavy atom. The highest BCUT2D eigenvalue weighted by Gasteiger charge is 2.22. The van der Waals surface area contributed by atoms with Crippen molar-refractivity contribution < 1.29 is 4.42 Å². The summed E-state index contributed by atoms with van der Waals surface area (Å²) in [4.78, 5) is 15.4. The predicted octanol–water partition coefficient (Wildman–Crippen LogP) is -9.00. The van der Waals surface area contributed by atoms with Crippen LogP contribution in [0.2, 0.25) is 0 Å². The summed E-state index contributed by atoms with van der Waals surface area (Å²) in [5.41, 5.74) is 22.5. The molecule has 10 aromatic rings. The van der Waals surface area contributed by atoms with Gasteiger partial charge in [-0.25, -0.2) is 15.0 Å². The summed E-state index contributed by atoms with van der Waals surface area (Å²) in [7, 11) is 26.8. The van der Waals surface area contributed by atoms with Gasteiger partial charge in [0.25, 0.3) is 0 Å².